The van der Waals surface area contributed by atoms with Crippen LogP contribution >= 0.6 is 11.6 Å². The fourth-order valence-corrected chi connectivity index (χ4v) is 3.06. The third kappa shape index (κ3) is 4.04. The molecule has 0 fully saturated rings. The minimum Gasteiger partial charge on any atom is -0.379 e. The molecule has 2 aromatic carbocycles. The first-order chi connectivity index (χ1) is 14.9. The molecule has 3 N–H and O–H groups in total. The highest BCUT2D eigenvalue weighted by atomic mass is 35.5. The molecule has 31 heavy (non-hydrogen) atoms. The van der Waals surface area contributed by atoms with Gasteiger partial charge in [-0.05, 0) is 28.5 Å². The number of nitrogens with one attached hydrogen (secondary N) is 1. The van der Waals surface area contributed by atoms with Gasteiger partial charge in [-0.2, -0.15) is 5.10 Å². The predicted octanol–water partition coefficient (Wildman–Crippen LogP) is 2.38. The Morgan fingerprint density at radius 1 is 1.32 bits per heavy atom. The Morgan fingerprint density at radius 3 is 2.87 bits per heavy atom. The number of carbonyl (C=O) groups is 1. The Morgan fingerprint density at radius 2 is 2.13 bits per heavy atom. The van der Waals surface area contributed by atoms with Crippen LogP contribution in [0, 0.1) is 10.1 Å². The van der Waals surface area contributed by atoms with Crippen LogP contribution in [0.15, 0.2) is 52.2 Å². The van der Waals surface area contributed by atoms with Crippen LogP contribution in [0.5, 0.6) is 0 Å². The average Bonchev–Trinajstić information content (AvgIpc) is 3.32. The van der Waals surface area contributed by atoms with E-state index in [2.05, 4.69) is 30.5 Å². The fourth-order valence-electron chi connectivity index (χ4n) is 2.87. The van der Waals surface area contributed by atoms with Crippen molar-refractivity contribution < 1.29 is 14.3 Å². The first-order valence-corrected chi connectivity index (χ1v) is 9.11. The lowest BCUT2D eigenvalue weighted by molar-refractivity contribution is -0.384. The zero-order chi connectivity index (χ0) is 22.0. The van der Waals surface area contributed by atoms with Crippen molar-refractivity contribution in [3.05, 3.63) is 63.2 Å². The third-order valence-corrected chi connectivity index (χ3v) is 4.57. The molecule has 0 saturated carbocycles. The SMILES string of the molecule is Nc1nonc1-c1nc2ccccc2n1CC(=O)N/N=C/c1ccc(Cl)c([N+](=O)[O-])c1. The molecule has 0 aliphatic heterocycles. The number of rotatable bonds is 6. The lowest BCUT2D eigenvalue weighted by atomic mass is 10.2. The molecular formula is C18H13ClN8O4. The number of nitro benzene ring substituents is 1. The largest absolute Gasteiger partial charge is 0.379 e. The predicted molar refractivity (Wildman–Crippen MR) is 111 cm³/mol. The van der Waals surface area contributed by atoms with Crippen LogP contribution < -0.4 is 11.2 Å². The Kier molecular flexibility index (Phi) is 5.28. The zero-order valence-corrected chi connectivity index (χ0v) is 16.4. The van der Waals surface area contributed by atoms with Gasteiger partial charge < -0.3 is 10.3 Å². The molecule has 0 saturated heterocycles. The van der Waals surface area contributed by atoms with Gasteiger partial charge in [0.2, 0.25) is 0 Å². The van der Waals surface area contributed by atoms with Crippen molar-refractivity contribution in [2.24, 2.45) is 5.10 Å². The van der Waals surface area contributed by atoms with E-state index in [0.29, 0.717) is 22.4 Å². The smallest absolute Gasteiger partial charge is 0.288 e. The van der Waals surface area contributed by atoms with Crippen molar-refractivity contribution >= 4 is 46.3 Å². The van der Waals surface area contributed by atoms with E-state index in [9.17, 15) is 14.9 Å². The van der Waals surface area contributed by atoms with Crippen molar-refractivity contribution in [2.45, 2.75) is 6.54 Å². The summed E-state index contributed by atoms with van der Waals surface area (Å²) in [5.74, 6) is -0.120. The van der Waals surface area contributed by atoms with Crippen molar-refractivity contribution in [3.63, 3.8) is 0 Å². The fraction of sp³-hybridized carbons (Fsp3) is 0.0556. The average molecular weight is 441 g/mol. The zero-order valence-electron chi connectivity index (χ0n) is 15.6. The van der Waals surface area contributed by atoms with Gasteiger partial charge in [0.25, 0.3) is 11.6 Å². The molecule has 4 aromatic rings. The molecule has 0 spiro atoms. The summed E-state index contributed by atoms with van der Waals surface area (Å²) in [6.07, 6.45) is 1.27. The molecule has 0 bridgehead atoms. The number of anilines is 1. The second-order valence-electron chi connectivity index (χ2n) is 6.27. The number of imidazole rings is 1. The summed E-state index contributed by atoms with van der Waals surface area (Å²) in [6, 6.07) is 11.3. The van der Waals surface area contributed by atoms with Crippen molar-refractivity contribution in [2.75, 3.05) is 5.73 Å². The molecule has 0 unspecified atom stereocenters. The Balaban J connectivity index is 1.55. The number of amides is 1. The van der Waals surface area contributed by atoms with Gasteiger partial charge in [-0.15, -0.1) is 0 Å². The standard InChI is InChI=1S/C18H13ClN8O4/c19-11-6-5-10(7-14(11)27(29)30)8-21-23-15(28)9-26-13-4-2-1-3-12(13)22-18(26)16-17(20)25-31-24-16/h1-8H,9H2,(H2,20,25)(H,23,28)/b21-8+. The quantitative estimate of drug-likeness (QED) is 0.261. The van der Waals surface area contributed by atoms with Crippen LogP contribution in [0.2, 0.25) is 5.02 Å². The molecule has 2 heterocycles. The second-order valence-corrected chi connectivity index (χ2v) is 6.68. The lowest BCUT2D eigenvalue weighted by Crippen LogP contribution is -2.23. The topological polar surface area (TPSA) is 167 Å². The highest BCUT2D eigenvalue weighted by Crippen LogP contribution is 2.26. The summed E-state index contributed by atoms with van der Waals surface area (Å²) >= 11 is 5.78. The van der Waals surface area contributed by atoms with E-state index in [-0.39, 0.29) is 28.8 Å². The number of nitrogen functional groups attached to an aromatic ring is 1. The van der Waals surface area contributed by atoms with Crippen LogP contribution in [0.25, 0.3) is 22.6 Å². The van der Waals surface area contributed by atoms with E-state index in [0.717, 1.165) is 0 Å². The number of hydrogen-bond acceptors (Lipinski definition) is 9. The van der Waals surface area contributed by atoms with E-state index < -0.39 is 10.8 Å². The van der Waals surface area contributed by atoms with Crippen LogP contribution in [-0.2, 0) is 11.3 Å². The number of nitro groups is 1. The minimum atomic E-state index is -0.603. The Hall–Kier alpha value is -4.32. The maximum absolute atomic E-state index is 12.5. The first kappa shape index (κ1) is 20.0. The maximum Gasteiger partial charge on any atom is 0.288 e. The Bertz CT molecular complexity index is 1330. The van der Waals surface area contributed by atoms with E-state index in [4.69, 9.17) is 17.3 Å². The monoisotopic (exact) mass is 440 g/mol. The van der Waals surface area contributed by atoms with Gasteiger partial charge in [-0.1, -0.05) is 29.8 Å². The number of para-hydroxylation sites is 2. The normalized spacial score (nSPS) is 11.3. The molecule has 13 heteroatoms. The van der Waals surface area contributed by atoms with E-state index in [1.54, 1.807) is 22.8 Å². The minimum absolute atomic E-state index is 0.00678. The summed E-state index contributed by atoms with van der Waals surface area (Å²) in [5.41, 5.74) is 9.80. The van der Waals surface area contributed by atoms with Crippen molar-refractivity contribution in [1.82, 2.24) is 25.3 Å². The number of hydrazone groups is 1. The third-order valence-electron chi connectivity index (χ3n) is 4.25. The molecule has 12 nitrogen and oxygen atoms in total. The summed E-state index contributed by atoms with van der Waals surface area (Å²) in [7, 11) is 0. The molecule has 0 radical (unpaired) electrons. The molecule has 0 atom stereocenters. The molecule has 0 aliphatic rings. The number of carbonyl (C=O) groups excluding carboxylic acids is 1. The number of nitrogens with zero attached hydrogens (tertiary/aromatic N) is 6. The number of aromatic nitrogens is 4. The number of fused-ring (bicyclic) bond motifs is 1. The summed E-state index contributed by atoms with van der Waals surface area (Å²) in [6.45, 7) is -0.153. The van der Waals surface area contributed by atoms with Gasteiger partial charge in [0, 0.05) is 11.6 Å². The molecule has 0 aliphatic carbocycles. The van der Waals surface area contributed by atoms with Crippen LogP contribution in [0.1, 0.15) is 5.56 Å². The Labute approximate surface area is 178 Å². The van der Waals surface area contributed by atoms with E-state index >= 15 is 0 Å². The molecule has 4 rings (SSSR count). The number of nitrogens with two attached hydrogens (primary N) is 1. The lowest BCUT2D eigenvalue weighted by Gasteiger charge is -2.06. The highest BCUT2D eigenvalue weighted by molar-refractivity contribution is 6.32. The summed E-state index contributed by atoms with van der Waals surface area (Å²) < 4.78 is 6.25. The van der Waals surface area contributed by atoms with Gasteiger partial charge in [0.05, 0.1) is 22.2 Å². The van der Waals surface area contributed by atoms with Crippen LogP contribution in [0.4, 0.5) is 11.5 Å². The number of halogens is 1. The van der Waals surface area contributed by atoms with Gasteiger partial charge in [0.15, 0.2) is 17.3 Å². The summed E-state index contributed by atoms with van der Waals surface area (Å²) in [4.78, 5) is 27.3. The van der Waals surface area contributed by atoms with Crippen molar-refractivity contribution in [1.29, 1.82) is 0 Å². The first-order valence-electron chi connectivity index (χ1n) is 8.73. The molecule has 2 aromatic heterocycles. The van der Waals surface area contributed by atoms with Crippen LogP contribution in [-0.4, -0.2) is 36.9 Å². The van der Waals surface area contributed by atoms with Gasteiger partial charge >= 0.3 is 0 Å². The number of benzene rings is 2. The van der Waals surface area contributed by atoms with Gasteiger partial charge in [0.1, 0.15) is 11.6 Å². The van der Waals surface area contributed by atoms with Gasteiger partial charge in [-0.25, -0.2) is 15.0 Å². The van der Waals surface area contributed by atoms with Crippen LogP contribution in [0.3, 0.4) is 0 Å². The van der Waals surface area contributed by atoms with Gasteiger partial charge in [-0.3, -0.25) is 14.9 Å². The van der Waals surface area contributed by atoms with Crippen molar-refractivity contribution in [3.8, 4) is 11.5 Å². The summed E-state index contributed by atoms with van der Waals surface area (Å²) in [5, 5.41) is 22.1. The maximum atomic E-state index is 12.5. The van der Waals surface area contributed by atoms with E-state index in [1.165, 1.54) is 24.4 Å². The molecule has 156 valence electrons. The molecular weight excluding hydrogens is 428 g/mol. The van der Waals surface area contributed by atoms with E-state index in [1.807, 2.05) is 6.07 Å². The second kappa shape index (κ2) is 8.20. The highest BCUT2D eigenvalue weighted by Gasteiger charge is 2.20. The number of hydrogen-bond donors (Lipinski definition) is 2. The molecule has 1 amide bonds.